The van der Waals surface area contributed by atoms with Gasteiger partial charge in [0, 0.05) is 6.20 Å². The maximum absolute atomic E-state index is 13.2. The molecule has 0 saturated carbocycles. The summed E-state index contributed by atoms with van der Waals surface area (Å²) in [5.41, 5.74) is -0.174. The highest BCUT2D eigenvalue weighted by Gasteiger charge is 2.10. The van der Waals surface area contributed by atoms with Gasteiger partial charge in [0.05, 0.1) is 0 Å². The molecule has 0 unspecified atom stereocenters. The molecule has 0 spiro atoms. The first kappa shape index (κ1) is 9.15. The van der Waals surface area contributed by atoms with Crippen molar-refractivity contribution in [3.8, 4) is 5.69 Å². The largest absolute Gasteiger partial charge is 0.299 e. The molecule has 0 aliphatic heterocycles. The van der Waals surface area contributed by atoms with Crippen molar-refractivity contribution in [1.29, 1.82) is 0 Å². The van der Waals surface area contributed by atoms with Gasteiger partial charge in [-0.05, 0) is 12.1 Å². The number of hydrogen-bond acceptors (Lipinski definition) is 1. The Hall–Kier alpha value is -1.42. The Balaban J connectivity index is 2.61. The van der Waals surface area contributed by atoms with Crippen LogP contribution in [0.4, 0.5) is 8.78 Å². The smallest absolute Gasteiger partial charge is 0.150 e. The molecule has 0 fully saturated rings. The van der Waals surface area contributed by atoms with Gasteiger partial charge in [-0.25, -0.2) is 13.8 Å². The summed E-state index contributed by atoms with van der Waals surface area (Å²) in [4.78, 5) is 3.67. The number of imidazole rings is 1. The van der Waals surface area contributed by atoms with Crippen LogP contribution in [-0.2, 0) is 0 Å². The molecule has 0 aliphatic carbocycles. The van der Waals surface area contributed by atoms with E-state index in [1.54, 1.807) is 0 Å². The Kier molecular flexibility index (Phi) is 2.21. The molecule has 2 aromatic rings. The highest BCUT2D eigenvalue weighted by atomic mass is 35.5. The summed E-state index contributed by atoms with van der Waals surface area (Å²) in [6, 6.07) is 3.64. The quantitative estimate of drug-likeness (QED) is 0.714. The molecule has 0 N–H and O–H groups in total. The first-order chi connectivity index (χ1) is 6.68. The lowest BCUT2D eigenvalue weighted by atomic mass is 10.3. The van der Waals surface area contributed by atoms with E-state index in [-0.39, 0.29) is 10.8 Å². The zero-order valence-electron chi connectivity index (χ0n) is 6.92. The van der Waals surface area contributed by atoms with Gasteiger partial charge in [0.15, 0.2) is 0 Å². The van der Waals surface area contributed by atoms with E-state index in [9.17, 15) is 8.78 Å². The fraction of sp³-hybridized carbons (Fsp3) is 0. The molecule has 2 nitrogen and oxygen atoms in total. The lowest BCUT2D eigenvalue weighted by Crippen LogP contribution is -1.98. The third-order valence-corrected chi connectivity index (χ3v) is 1.94. The lowest BCUT2D eigenvalue weighted by molar-refractivity contribution is 0.569. The van der Waals surface area contributed by atoms with Crippen LogP contribution in [0.25, 0.3) is 5.69 Å². The predicted octanol–water partition coefficient (Wildman–Crippen LogP) is 2.80. The van der Waals surface area contributed by atoms with Crippen molar-refractivity contribution in [3.05, 3.63) is 47.5 Å². The summed E-state index contributed by atoms with van der Waals surface area (Å²) >= 11 is 5.54. The van der Waals surface area contributed by atoms with Crippen molar-refractivity contribution in [3.63, 3.8) is 0 Å². The topological polar surface area (TPSA) is 17.8 Å². The van der Waals surface area contributed by atoms with Crippen molar-refractivity contribution >= 4 is 11.6 Å². The highest BCUT2D eigenvalue weighted by molar-refractivity contribution is 6.29. The zero-order valence-corrected chi connectivity index (χ0v) is 7.67. The highest BCUT2D eigenvalue weighted by Crippen LogP contribution is 2.18. The lowest BCUT2D eigenvalue weighted by Gasteiger charge is -2.03. The molecule has 2 rings (SSSR count). The third-order valence-electron chi connectivity index (χ3n) is 1.75. The average molecular weight is 215 g/mol. The normalized spacial score (nSPS) is 10.5. The van der Waals surface area contributed by atoms with Gasteiger partial charge < -0.3 is 0 Å². The van der Waals surface area contributed by atoms with Gasteiger partial charge in [-0.3, -0.25) is 4.57 Å². The maximum Gasteiger partial charge on any atom is 0.150 e. The summed E-state index contributed by atoms with van der Waals surface area (Å²) in [6.45, 7) is 0. The number of aromatic nitrogens is 2. The summed E-state index contributed by atoms with van der Waals surface area (Å²) in [5.74, 6) is -1.31. The molecule has 1 aromatic heterocycles. The minimum Gasteiger partial charge on any atom is -0.299 e. The monoisotopic (exact) mass is 214 g/mol. The van der Waals surface area contributed by atoms with Gasteiger partial charge in [0.1, 0.15) is 28.8 Å². The van der Waals surface area contributed by atoms with Gasteiger partial charge in [0.25, 0.3) is 0 Å². The third kappa shape index (κ3) is 1.48. The van der Waals surface area contributed by atoms with E-state index >= 15 is 0 Å². The van der Waals surface area contributed by atoms with Crippen molar-refractivity contribution < 1.29 is 8.78 Å². The second kappa shape index (κ2) is 3.38. The zero-order chi connectivity index (χ0) is 10.1. The molecule has 1 heterocycles. The van der Waals surface area contributed by atoms with E-state index in [0.29, 0.717) is 0 Å². The number of benzene rings is 1. The summed E-state index contributed by atoms with van der Waals surface area (Å²) < 4.78 is 27.6. The average Bonchev–Trinajstić information content (AvgIpc) is 2.51. The fourth-order valence-electron chi connectivity index (χ4n) is 1.16. The predicted molar refractivity (Wildman–Crippen MR) is 48.5 cm³/mol. The van der Waals surface area contributed by atoms with Gasteiger partial charge >= 0.3 is 0 Å². The number of halogens is 3. The van der Waals surface area contributed by atoms with E-state index < -0.39 is 11.6 Å². The van der Waals surface area contributed by atoms with Crippen LogP contribution in [0, 0.1) is 11.6 Å². The Morgan fingerprint density at radius 1 is 1.21 bits per heavy atom. The Morgan fingerprint density at radius 3 is 2.36 bits per heavy atom. The van der Waals surface area contributed by atoms with E-state index in [2.05, 4.69) is 4.98 Å². The Bertz CT molecular complexity index is 447. The van der Waals surface area contributed by atoms with Crippen LogP contribution in [0.2, 0.25) is 5.15 Å². The first-order valence-electron chi connectivity index (χ1n) is 3.82. The number of para-hydroxylation sites is 1. The van der Waals surface area contributed by atoms with E-state index in [4.69, 9.17) is 11.6 Å². The second-order valence-electron chi connectivity index (χ2n) is 2.67. The van der Waals surface area contributed by atoms with Gasteiger partial charge in [0.2, 0.25) is 0 Å². The molecule has 0 bridgehead atoms. The van der Waals surface area contributed by atoms with Crippen LogP contribution in [0.3, 0.4) is 0 Å². The molecule has 0 amide bonds. The molecule has 0 aliphatic rings. The molecule has 14 heavy (non-hydrogen) atoms. The summed E-state index contributed by atoms with van der Waals surface area (Å²) in [5, 5.41) is 0.188. The van der Waals surface area contributed by atoms with Gasteiger partial charge in [-0.15, -0.1) is 0 Å². The molecule has 72 valence electrons. The molecule has 0 saturated heterocycles. The van der Waals surface area contributed by atoms with Crippen LogP contribution < -0.4 is 0 Å². The van der Waals surface area contributed by atoms with Crippen molar-refractivity contribution in [1.82, 2.24) is 9.55 Å². The summed E-state index contributed by atoms with van der Waals surface area (Å²) in [6.07, 6.45) is 2.59. The van der Waals surface area contributed by atoms with Crippen molar-refractivity contribution in [2.24, 2.45) is 0 Å². The second-order valence-corrected chi connectivity index (χ2v) is 3.06. The molecule has 5 heteroatoms. The molecule has 0 radical (unpaired) electrons. The van der Waals surface area contributed by atoms with Crippen LogP contribution >= 0.6 is 11.6 Å². The molecule has 0 atom stereocenters. The standard InChI is InChI=1S/C9H5ClF2N2/c10-8-4-14(5-13-8)9-6(11)2-1-3-7(9)12/h1-5H. The van der Waals surface area contributed by atoms with E-state index in [1.807, 2.05) is 0 Å². The number of hydrogen-bond donors (Lipinski definition) is 0. The van der Waals surface area contributed by atoms with Crippen molar-refractivity contribution in [2.75, 3.05) is 0 Å². The maximum atomic E-state index is 13.2. The summed E-state index contributed by atoms with van der Waals surface area (Å²) in [7, 11) is 0. The van der Waals surface area contributed by atoms with E-state index in [1.165, 1.54) is 35.3 Å². The van der Waals surface area contributed by atoms with E-state index in [0.717, 1.165) is 0 Å². The Morgan fingerprint density at radius 2 is 1.86 bits per heavy atom. The molecular formula is C9H5ClF2N2. The van der Waals surface area contributed by atoms with Crippen LogP contribution in [0.5, 0.6) is 0 Å². The fourth-order valence-corrected chi connectivity index (χ4v) is 1.31. The molecule has 1 aromatic carbocycles. The minimum absolute atomic E-state index is 0.174. The first-order valence-corrected chi connectivity index (χ1v) is 4.20. The van der Waals surface area contributed by atoms with Crippen molar-refractivity contribution in [2.45, 2.75) is 0 Å². The SMILES string of the molecule is Fc1cccc(F)c1-n1cnc(Cl)c1. The van der Waals surface area contributed by atoms with Gasteiger partial charge in [-0.1, -0.05) is 17.7 Å². The Labute approximate surface area is 83.8 Å². The van der Waals surface area contributed by atoms with Crippen LogP contribution in [0.15, 0.2) is 30.7 Å². The van der Waals surface area contributed by atoms with Crippen LogP contribution in [0.1, 0.15) is 0 Å². The molecular weight excluding hydrogens is 210 g/mol. The van der Waals surface area contributed by atoms with Gasteiger partial charge in [-0.2, -0.15) is 0 Å². The minimum atomic E-state index is -0.654. The number of nitrogens with zero attached hydrogens (tertiary/aromatic N) is 2. The van der Waals surface area contributed by atoms with Crippen LogP contribution in [-0.4, -0.2) is 9.55 Å². The number of rotatable bonds is 1.